The third-order valence-corrected chi connectivity index (χ3v) is 4.91. The number of rotatable bonds is 3. The Labute approximate surface area is 168 Å². The standard InChI is InChI=1S/C22H24FN3O3/c1-13-11-12-16(23)18-17(13)20(27)25(15-9-7-6-8-10-15)19(24-18)14(2)26(21(28)29)22(3,4)5/h6-12,14H,1-5H3,(H,28,29)/t14-/m0/s1. The highest BCUT2D eigenvalue weighted by Crippen LogP contribution is 2.29. The fourth-order valence-corrected chi connectivity index (χ4v) is 3.68. The predicted molar refractivity (Wildman–Crippen MR) is 110 cm³/mol. The van der Waals surface area contributed by atoms with Gasteiger partial charge in [0.1, 0.15) is 17.2 Å². The number of para-hydroxylation sites is 1. The highest BCUT2D eigenvalue weighted by atomic mass is 19.1. The summed E-state index contributed by atoms with van der Waals surface area (Å²) < 4.78 is 16.0. The Kier molecular flexibility index (Phi) is 5.17. The molecule has 0 saturated carbocycles. The zero-order valence-electron chi connectivity index (χ0n) is 17.1. The van der Waals surface area contributed by atoms with Crippen LogP contribution in [0.25, 0.3) is 16.6 Å². The van der Waals surface area contributed by atoms with Crippen molar-refractivity contribution >= 4 is 17.0 Å². The minimum Gasteiger partial charge on any atom is -0.465 e. The molecule has 3 rings (SSSR count). The van der Waals surface area contributed by atoms with Gasteiger partial charge in [0.25, 0.3) is 5.56 Å². The van der Waals surface area contributed by atoms with E-state index in [2.05, 4.69) is 4.98 Å². The second-order valence-corrected chi connectivity index (χ2v) is 8.03. The maximum atomic E-state index is 14.6. The Bertz CT molecular complexity index is 1130. The predicted octanol–water partition coefficient (Wildman–Crippen LogP) is 4.67. The summed E-state index contributed by atoms with van der Waals surface area (Å²) in [4.78, 5) is 31.2. The minimum absolute atomic E-state index is 0.0525. The normalized spacial score (nSPS) is 12.8. The molecule has 1 N–H and O–H groups in total. The summed E-state index contributed by atoms with van der Waals surface area (Å²) in [5, 5.41) is 10.0. The van der Waals surface area contributed by atoms with E-state index >= 15 is 0 Å². The summed E-state index contributed by atoms with van der Waals surface area (Å²) in [7, 11) is 0. The molecule has 1 heterocycles. The number of fused-ring (bicyclic) bond motifs is 1. The SMILES string of the molecule is Cc1ccc(F)c2nc([C@H](C)N(C(=O)O)C(C)(C)C)n(-c3ccccc3)c(=O)c12. The van der Waals surface area contributed by atoms with Crippen LogP contribution in [0.1, 0.15) is 45.1 Å². The fourth-order valence-electron chi connectivity index (χ4n) is 3.68. The lowest BCUT2D eigenvalue weighted by Gasteiger charge is -2.38. The van der Waals surface area contributed by atoms with Crippen molar-refractivity contribution < 1.29 is 14.3 Å². The van der Waals surface area contributed by atoms with Crippen LogP contribution in [0.2, 0.25) is 0 Å². The van der Waals surface area contributed by atoms with Crippen LogP contribution in [-0.2, 0) is 0 Å². The smallest absolute Gasteiger partial charge is 0.408 e. The van der Waals surface area contributed by atoms with Gasteiger partial charge in [-0.2, -0.15) is 0 Å². The number of halogens is 1. The molecule has 7 heteroatoms. The quantitative estimate of drug-likeness (QED) is 0.697. The Balaban J connectivity index is 2.43. The summed E-state index contributed by atoms with van der Waals surface area (Å²) in [5.41, 5.74) is -0.0992. The Morgan fingerprint density at radius 2 is 1.79 bits per heavy atom. The number of carbonyl (C=O) groups is 1. The van der Waals surface area contributed by atoms with Gasteiger partial charge in [-0.1, -0.05) is 24.3 Å². The summed E-state index contributed by atoms with van der Waals surface area (Å²) in [6.45, 7) is 8.65. The molecular weight excluding hydrogens is 373 g/mol. The number of hydrogen-bond acceptors (Lipinski definition) is 3. The topological polar surface area (TPSA) is 75.4 Å². The van der Waals surface area contributed by atoms with Crippen LogP contribution in [0.3, 0.4) is 0 Å². The van der Waals surface area contributed by atoms with E-state index in [-0.39, 0.29) is 16.7 Å². The highest BCUT2D eigenvalue weighted by Gasteiger charge is 2.34. The third kappa shape index (κ3) is 3.60. The molecular formula is C22H24FN3O3. The van der Waals surface area contributed by atoms with E-state index in [1.165, 1.54) is 21.6 Å². The van der Waals surface area contributed by atoms with Gasteiger partial charge in [0, 0.05) is 5.54 Å². The number of aromatic nitrogens is 2. The van der Waals surface area contributed by atoms with Crippen molar-refractivity contribution in [3.05, 3.63) is 70.0 Å². The molecule has 0 aliphatic heterocycles. The number of hydrogen-bond donors (Lipinski definition) is 1. The molecule has 0 saturated heterocycles. The Hall–Kier alpha value is -3.22. The van der Waals surface area contributed by atoms with E-state index in [9.17, 15) is 19.1 Å². The van der Waals surface area contributed by atoms with E-state index in [4.69, 9.17) is 0 Å². The van der Waals surface area contributed by atoms with Crippen molar-refractivity contribution in [2.75, 3.05) is 0 Å². The Morgan fingerprint density at radius 1 is 1.17 bits per heavy atom. The number of benzene rings is 2. The molecule has 152 valence electrons. The maximum absolute atomic E-state index is 14.6. The maximum Gasteiger partial charge on any atom is 0.408 e. The number of nitrogens with zero attached hydrogens (tertiary/aromatic N) is 3. The van der Waals surface area contributed by atoms with Gasteiger partial charge < -0.3 is 5.11 Å². The molecule has 6 nitrogen and oxygen atoms in total. The van der Waals surface area contributed by atoms with Gasteiger partial charge in [0.2, 0.25) is 0 Å². The van der Waals surface area contributed by atoms with Crippen molar-refractivity contribution in [2.45, 2.75) is 46.2 Å². The third-order valence-electron chi connectivity index (χ3n) is 4.91. The van der Waals surface area contributed by atoms with Gasteiger partial charge in [-0.15, -0.1) is 0 Å². The summed E-state index contributed by atoms with van der Waals surface area (Å²) >= 11 is 0. The average molecular weight is 397 g/mol. The lowest BCUT2D eigenvalue weighted by Crippen LogP contribution is -2.47. The number of carboxylic acid groups (broad SMARTS) is 1. The molecule has 0 radical (unpaired) electrons. The lowest BCUT2D eigenvalue weighted by molar-refractivity contribution is 0.0719. The summed E-state index contributed by atoms with van der Waals surface area (Å²) in [5.74, 6) is -0.454. The van der Waals surface area contributed by atoms with E-state index in [0.29, 0.717) is 11.3 Å². The molecule has 0 fully saturated rings. The zero-order valence-corrected chi connectivity index (χ0v) is 17.1. The van der Waals surface area contributed by atoms with Crippen molar-refractivity contribution in [1.29, 1.82) is 0 Å². The second-order valence-electron chi connectivity index (χ2n) is 8.03. The first-order valence-electron chi connectivity index (χ1n) is 9.33. The van der Waals surface area contributed by atoms with E-state index in [0.717, 1.165) is 0 Å². The molecule has 1 aromatic heterocycles. The van der Waals surface area contributed by atoms with Crippen LogP contribution < -0.4 is 5.56 Å². The van der Waals surface area contributed by atoms with Crippen LogP contribution >= 0.6 is 0 Å². The molecule has 29 heavy (non-hydrogen) atoms. The van der Waals surface area contributed by atoms with Crippen LogP contribution in [0, 0.1) is 12.7 Å². The molecule has 0 aliphatic rings. The highest BCUT2D eigenvalue weighted by molar-refractivity contribution is 5.82. The fraction of sp³-hybridized carbons (Fsp3) is 0.318. The number of amides is 1. The van der Waals surface area contributed by atoms with Gasteiger partial charge >= 0.3 is 6.09 Å². The van der Waals surface area contributed by atoms with E-state index in [1.54, 1.807) is 58.9 Å². The van der Waals surface area contributed by atoms with Crippen LogP contribution in [-0.4, -0.2) is 31.2 Å². The van der Waals surface area contributed by atoms with Gasteiger partial charge in [0.15, 0.2) is 0 Å². The van der Waals surface area contributed by atoms with E-state index < -0.39 is 29.1 Å². The Morgan fingerprint density at radius 3 is 2.34 bits per heavy atom. The summed E-state index contributed by atoms with van der Waals surface area (Å²) in [6, 6.07) is 10.8. The number of aryl methyl sites for hydroxylation is 1. The summed E-state index contributed by atoms with van der Waals surface area (Å²) in [6.07, 6.45) is -1.15. The molecule has 0 unspecified atom stereocenters. The molecule has 0 aliphatic carbocycles. The first-order chi connectivity index (χ1) is 13.5. The van der Waals surface area contributed by atoms with E-state index in [1.807, 2.05) is 6.07 Å². The lowest BCUT2D eigenvalue weighted by atomic mass is 10.0. The molecule has 0 bridgehead atoms. The van der Waals surface area contributed by atoms with Gasteiger partial charge in [-0.3, -0.25) is 14.3 Å². The minimum atomic E-state index is -1.15. The van der Waals surface area contributed by atoms with Crippen molar-refractivity contribution in [2.24, 2.45) is 0 Å². The first kappa shape index (κ1) is 20.5. The molecule has 2 aromatic carbocycles. The zero-order chi connectivity index (χ0) is 21.5. The van der Waals surface area contributed by atoms with Gasteiger partial charge in [0.05, 0.1) is 17.1 Å². The van der Waals surface area contributed by atoms with Gasteiger partial charge in [-0.05, 0) is 58.4 Å². The van der Waals surface area contributed by atoms with Crippen molar-refractivity contribution in [1.82, 2.24) is 14.5 Å². The molecule has 1 atom stereocenters. The van der Waals surface area contributed by atoms with Crippen molar-refractivity contribution in [3.8, 4) is 5.69 Å². The second kappa shape index (κ2) is 7.31. The van der Waals surface area contributed by atoms with Gasteiger partial charge in [-0.25, -0.2) is 14.2 Å². The van der Waals surface area contributed by atoms with Crippen molar-refractivity contribution in [3.63, 3.8) is 0 Å². The van der Waals surface area contributed by atoms with Crippen LogP contribution in [0.5, 0.6) is 0 Å². The van der Waals surface area contributed by atoms with Crippen LogP contribution in [0.4, 0.5) is 9.18 Å². The average Bonchev–Trinajstić information content (AvgIpc) is 2.63. The monoisotopic (exact) mass is 397 g/mol. The molecule has 0 spiro atoms. The van der Waals surface area contributed by atoms with Crippen LogP contribution in [0.15, 0.2) is 47.3 Å². The first-order valence-corrected chi connectivity index (χ1v) is 9.33. The molecule has 3 aromatic rings. The largest absolute Gasteiger partial charge is 0.465 e. The molecule has 1 amide bonds.